The van der Waals surface area contributed by atoms with Gasteiger partial charge in [0, 0.05) is 30.5 Å². The van der Waals surface area contributed by atoms with E-state index in [4.69, 9.17) is 16.1 Å². The number of hydrogen-bond donors (Lipinski definition) is 0. The Balaban J connectivity index is 2.01. The topological polar surface area (TPSA) is 59.2 Å². The molecule has 1 amide bonds. The van der Waals surface area contributed by atoms with Crippen LogP contribution in [0.25, 0.3) is 0 Å². The molecule has 0 aliphatic carbocycles. The Morgan fingerprint density at radius 1 is 1.21 bits per heavy atom. The first kappa shape index (κ1) is 16.2. The van der Waals surface area contributed by atoms with E-state index in [1.807, 2.05) is 24.3 Å². The van der Waals surface area contributed by atoms with Gasteiger partial charge in [0.25, 0.3) is 5.91 Å². The lowest BCUT2D eigenvalue weighted by Gasteiger charge is -2.28. The van der Waals surface area contributed by atoms with Gasteiger partial charge in [-0.25, -0.2) is 0 Å². The number of rotatable bonds is 4. The molecule has 2 aromatic heterocycles. The third kappa shape index (κ3) is 3.31. The van der Waals surface area contributed by atoms with Gasteiger partial charge < -0.3 is 9.42 Å². The SMILES string of the molecule is Cc1cc(C(=O)N(C)[C@@H](c2ccc(Cl)cc2)c2cccnc2)no1. The van der Waals surface area contributed by atoms with Crippen molar-refractivity contribution in [3.8, 4) is 0 Å². The third-order valence-corrected chi connectivity index (χ3v) is 3.99. The highest BCUT2D eigenvalue weighted by molar-refractivity contribution is 6.30. The van der Waals surface area contributed by atoms with Gasteiger partial charge in [0.2, 0.25) is 0 Å². The first-order valence-electron chi connectivity index (χ1n) is 7.42. The minimum Gasteiger partial charge on any atom is -0.361 e. The van der Waals surface area contributed by atoms with Crippen molar-refractivity contribution in [3.05, 3.63) is 82.5 Å². The summed E-state index contributed by atoms with van der Waals surface area (Å²) in [6.07, 6.45) is 3.45. The van der Waals surface area contributed by atoms with E-state index in [0.29, 0.717) is 10.8 Å². The molecule has 0 bridgehead atoms. The molecule has 0 unspecified atom stereocenters. The average molecular weight is 342 g/mol. The Kier molecular flexibility index (Phi) is 4.62. The van der Waals surface area contributed by atoms with Gasteiger partial charge in [-0.1, -0.05) is 35.0 Å². The molecule has 0 radical (unpaired) electrons. The number of aryl methyl sites for hydroxylation is 1. The highest BCUT2D eigenvalue weighted by Gasteiger charge is 2.26. The summed E-state index contributed by atoms with van der Waals surface area (Å²) in [5.41, 5.74) is 2.11. The lowest BCUT2D eigenvalue weighted by atomic mass is 9.98. The molecule has 0 fully saturated rings. The maximum Gasteiger partial charge on any atom is 0.276 e. The first-order valence-corrected chi connectivity index (χ1v) is 7.80. The second kappa shape index (κ2) is 6.84. The number of halogens is 1. The number of aromatic nitrogens is 2. The van der Waals surface area contributed by atoms with Crippen LogP contribution in [0.4, 0.5) is 0 Å². The van der Waals surface area contributed by atoms with E-state index in [-0.39, 0.29) is 17.6 Å². The zero-order valence-electron chi connectivity index (χ0n) is 13.3. The van der Waals surface area contributed by atoms with Crippen LogP contribution in [0.1, 0.15) is 33.4 Å². The standard InChI is InChI=1S/C18H16ClN3O2/c1-12-10-16(21-24-12)18(23)22(2)17(14-4-3-9-20-11-14)13-5-7-15(19)8-6-13/h3-11,17H,1-2H3/t17-/m0/s1. The molecule has 1 aromatic carbocycles. The molecule has 5 nitrogen and oxygen atoms in total. The zero-order valence-corrected chi connectivity index (χ0v) is 14.1. The molecule has 122 valence electrons. The number of pyridine rings is 1. The number of hydrogen-bond acceptors (Lipinski definition) is 4. The summed E-state index contributed by atoms with van der Waals surface area (Å²) in [6.45, 7) is 1.75. The smallest absolute Gasteiger partial charge is 0.276 e. The Hall–Kier alpha value is -2.66. The lowest BCUT2D eigenvalue weighted by molar-refractivity contribution is 0.0744. The molecule has 0 N–H and O–H groups in total. The van der Waals surface area contributed by atoms with Gasteiger partial charge >= 0.3 is 0 Å². The molecule has 0 aliphatic rings. The molecule has 3 rings (SSSR count). The normalized spacial score (nSPS) is 12.0. The van der Waals surface area contributed by atoms with Crippen molar-refractivity contribution < 1.29 is 9.32 Å². The van der Waals surface area contributed by atoms with Crippen LogP contribution in [0.2, 0.25) is 5.02 Å². The Morgan fingerprint density at radius 2 is 1.96 bits per heavy atom. The van der Waals surface area contributed by atoms with E-state index in [1.54, 1.807) is 49.5 Å². The summed E-state index contributed by atoms with van der Waals surface area (Å²) in [5, 5.41) is 4.46. The maximum absolute atomic E-state index is 12.8. The molecule has 6 heteroatoms. The summed E-state index contributed by atoms with van der Waals surface area (Å²) in [7, 11) is 1.73. The fraction of sp³-hybridized carbons (Fsp3) is 0.167. The quantitative estimate of drug-likeness (QED) is 0.722. The number of carbonyl (C=O) groups is 1. The summed E-state index contributed by atoms with van der Waals surface area (Å²) >= 11 is 5.99. The van der Waals surface area contributed by atoms with Crippen LogP contribution >= 0.6 is 11.6 Å². The molecule has 1 atom stereocenters. The molecule has 24 heavy (non-hydrogen) atoms. The number of carbonyl (C=O) groups excluding carboxylic acids is 1. The summed E-state index contributed by atoms with van der Waals surface area (Å²) in [5.74, 6) is 0.367. The average Bonchev–Trinajstić information content (AvgIpc) is 3.03. The predicted octanol–water partition coefficient (Wildman–Crippen LogP) is 3.89. The van der Waals surface area contributed by atoms with Crippen molar-refractivity contribution in [3.63, 3.8) is 0 Å². The maximum atomic E-state index is 12.8. The summed E-state index contributed by atoms with van der Waals surface area (Å²) in [6, 6.07) is 12.5. The fourth-order valence-electron chi connectivity index (χ4n) is 2.59. The number of benzene rings is 1. The lowest BCUT2D eigenvalue weighted by Crippen LogP contribution is -2.32. The van der Waals surface area contributed by atoms with Crippen molar-refractivity contribution in [2.45, 2.75) is 13.0 Å². The van der Waals surface area contributed by atoms with Crippen LogP contribution in [-0.2, 0) is 0 Å². The van der Waals surface area contributed by atoms with Gasteiger partial charge in [0.05, 0.1) is 6.04 Å². The van der Waals surface area contributed by atoms with E-state index >= 15 is 0 Å². The van der Waals surface area contributed by atoms with Crippen molar-refractivity contribution >= 4 is 17.5 Å². The monoisotopic (exact) mass is 341 g/mol. The van der Waals surface area contributed by atoms with E-state index in [9.17, 15) is 4.79 Å². The van der Waals surface area contributed by atoms with E-state index < -0.39 is 0 Å². The van der Waals surface area contributed by atoms with Crippen molar-refractivity contribution in [2.75, 3.05) is 7.05 Å². The van der Waals surface area contributed by atoms with Gasteiger partial charge in [-0.05, 0) is 36.2 Å². The fourth-order valence-corrected chi connectivity index (χ4v) is 2.71. The van der Waals surface area contributed by atoms with Crippen molar-refractivity contribution in [2.24, 2.45) is 0 Å². The van der Waals surface area contributed by atoms with Crippen molar-refractivity contribution in [1.82, 2.24) is 15.0 Å². The summed E-state index contributed by atoms with van der Waals surface area (Å²) < 4.78 is 5.02. The molecule has 0 spiro atoms. The highest BCUT2D eigenvalue weighted by atomic mass is 35.5. The predicted molar refractivity (Wildman–Crippen MR) is 90.9 cm³/mol. The molecule has 0 aliphatic heterocycles. The molecule has 0 saturated heterocycles. The van der Waals surface area contributed by atoms with E-state index in [0.717, 1.165) is 11.1 Å². The minimum absolute atomic E-state index is 0.226. The second-order valence-corrected chi connectivity index (χ2v) is 5.92. The van der Waals surface area contributed by atoms with Crippen LogP contribution in [0.15, 0.2) is 59.4 Å². The highest BCUT2D eigenvalue weighted by Crippen LogP contribution is 2.29. The number of amides is 1. The molecule has 2 heterocycles. The van der Waals surface area contributed by atoms with E-state index in [1.165, 1.54) is 0 Å². The van der Waals surface area contributed by atoms with Gasteiger partial charge in [-0.3, -0.25) is 9.78 Å². The van der Waals surface area contributed by atoms with Crippen LogP contribution < -0.4 is 0 Å². The van der Waals surface area contributed by atoms with Gasteiger partial charge in [0.15, 0.2) is 5.69 Å². The van der Waals surface area contributed by atoms with Crippen LogP contribution in [-0.4, -0.2) is 28.0 Å². The molecule has 0 saturated carbocycles. The Bertz CT molecular complexity index is 831. The third-order valence-electron chi connectivity index (χ3n) is 3.74. The van der Waals surface area contributed by atoms with Gasteiger partial charge in [-0.15, -0.1) is 0 Å². The summed E-state index contributed by atoms with van der Waals surface area (Å²) in [4.78, 5) is 18.6. The van der Waals surface area contributed by atoms with Crippen LogP contribution in [0.3, 0.4) is 0 Å². The zero-order chi connectivity index (χ0) is 17.1. The number of nitrogens with zero attached hydrogens (tertiary/aromatic N) is 3. The second-order valence-electron chi connectivity index (χ2n) is 5.48. The first-order chi connectivity index (χ1) is 11.6. The minimum atomic E-state index is -0.305. The van der Waals surface area contributed by atoms with Crippen LogP contribution in [0, 0.1) is 6.92 Å². The Morgan fingerprint density at radius 3 is 2.54 bits per heavy atom. The molecule has 3 aromatic rings. The Labute approximate surface area is 144 Å². The largest absolute Gasteiger partial charge is 0.361 e. The van der Waals surface area contributed by atoms with E-state index in [2.05, 4.69) is 10.1 Å². The van der Waals surface area contributed by atoms with Crippen molar-refractivity contribution in [1.29, 1.82) is 0 Å². The van der Waals surface area contributed by atoms with Crippen LogP contribution in [0.5, 0.6) is 0 Å². The van der Waals surface area contributed by atoms with Gasteiger partial charge in [-0.2, -0.15) is 0 Å². The molecular weight excluding hydrogens is 326 g/mol. The molecular formula is C18H16ClN3O2. The van der Waals surface area contributed by atoms with Gasteiger partial charge in [0.1, 0.15) is 5.76 Å².